The maximum atomic E-state index is 2.45. The van der Waals surface area contributed by atoms with E-state index in [2.05, 4.69) is 98.8 Å². The van der Waals surface area contributed by atoms with E-state index in [1.165, 1.54) is 54.6 Å². The zero-order valence-electron chi connectivity index (χ0n) is 17.6. The van der Waals surface area contributed by atoms with E-state index in [1.54, 1.807) is 0 Å². The van der Waals surface area contributed by atoms with E-state index in [1.807, 2.05) is 13.8 Å². The van der Waals surface area contributed by atoms with Crippen LogP contribution in [0.25, 0.3) is 43.4 Å². The lowest BCUT2D eigenvalue weighted by atomic mass is 9.68. The summed E-state index contributed by atoms with van der Waals surface area (Å²) in [5.41, 5.74) is 5.59. The Kier molecular flexibility index (Phi) is 3.99. The third-order valence-corrected chi connectivity index (χ3v) is 6.42. The summed E-state index contributed by atoms with van der Waals surface area (Å²) in [5.74, 6) is 0. The summed E-state index contributed by atoms with van der Waals surface area (Å²) in [6.07, 6.45) is 0. The molecule has 0 fully saturated rings. The van der Waals surface area contributed by atoms with E-state index in [9.17, 15) is 0 Å². The highest BCUT2D eigenvalue weighted by Crippen LogP contribution is 2.49. The van der Waals surface area contributed by atoms with Gasteiger partial charge in [0.25, 0.3) is 0 Å². The Labute approximate surface area is 172 Å². The first-order valence-electron chi connectivity index (χ1n) is 10.6. The third-order valence-electron chi connectivity index (χ3n) is 6.42. The van der Waals surface area contributed by atoms with Gasteiger partial charge < -0.3 is 0 Å². The maximum absolute atomic E-state index is 2.45. The zero-order chi connectivity index (χ0) is 20.2. The van der Waals surface area contributed by atoms with E-state index >= 15 is 0 Å². The molecular weight excluding hydrogens is 348 g/mol. The van der Waals surface area contributed by atoms with Crippen LogP contribution in [0.15, 0.2) is 84.9 Å². The van der Waals surface area contributed by atoms with Gasteiger partial charge in [0.05, 0.1) is 0 Å². The molecule has 0 atom stereocenters. The molecule has 0 heterocycles. The van der Waals surface area contributed by atoms with Gasteiger partial charge in [0.15, 0.2) is 0 Å². The molecule has 0 bridgehead atoms. The number of hydrogen-bond acceptors (Lipinski definition) is 0. The van der Waals surface area contributed by atoms with Crippen molar-refractivity contribution in [3.8, 4) is 11.1 Å². The molecule has 5 aromatic carbocycles. The molecule has 0 amide bonds. The lowest BCUT2D eigenvalue weighted by Gasteiger charge is -2.35. The summed E-state index contributed by atoms with van der Waals surface area (Å²) in [5, 5.41) is 8.07. The summed E-state index contributed by atoms with van der Waals surface area (Å²) in [6, 6.07) is 31.5. The highest BCUT2D eigenvalue weighted by molar-refractivity contribution is 6.11. The predicted octanol–water partition coefficient (Wildman–Crippen LogP) is 8.48. The predicted molar refractivity (Wildman–Crippen MR) is 128 cm³/mol. The Bertz CT molecular complexity index is 1380. The minimum Gasteiger partial charge on any atom is -0.0683 e. The van der Waals surface area contributed by atoms with Gasteiger partial charge in [-0.2, -0.15) is 0 Å². The Hall–Kier alpha value is -3.12. The quantitative estimate of drug-likeness (QED) is 0.238. The van der Waals surface area contributed by atoms with E-state index in [0.717, 1.165) is 0 Å². The van der Waals surface area contributed by atoms with Gasteiger partial charge in [0, 0.05) is 5.41 Å². The first-order chi connectivity index (χ1) is 14.1. The summed E-state index contributed by atoms with van der Waals surface area (Å²) in [7, 11) is 0. The second kappa shape index (κ2) is 6.46. The van der Waals surface area contributed by atoms with E-state index in [0.29, 0.717) is 0 Å². The van der Waals surface area contributed by atoms with Crippen LogP contribution in [-0.2, 0) is 5.41 Å². The Morgan fingerprint density at radius 1 is 0.517 bits per heavy atom. The van der Waals surface area contributed by atoms with Crippen LogP contribution in [-0.4, -0.2) is 0 Å². The molecule has 29 heavy (non-hydrogen) atoms. The number of fused-ring (bicyclic) bond motifs is 5. The topological polar surface area (TPSA) is 0 Å². The van der Waals surface area contributed by atoms with Crippen molar-refractivity contribution in [3.63, 3.8) is 0 Å². The van der Waals surface area contributed by atoms with E-state index in [-0.39, 0.29) is 5.41 Å². The van der Waals surface area contributed by atoms with Gasteiger partial charge in [-0.1, -0.05) is 100 Å². The molecule has 0 radical (unpaired) electrons. The molecule has 0 N–H and O–H groups in total. The van der Waals surface area contributed by atoms with Crippen molar-refractivity contribution >= 4 is 32.3 Å². The second-order valence-electron chi connectivity index (χ2n) is 8.24. The fourth-order valence-electron chi connectivity index (χ4n) is 5.03. The summed E-state index contributed by atoms with van der Waals surface area (Å²) in [6.45, 7) is 8.74. The average molecular weight is 375 g/mol. The molecule has 1 aliphatic carbocycles. The number of benzene rings is 5. The van der Waals surface area contributed by atoms with Crippen LogP contribution in [0.4, 0.5) is 0 Å². The van der Waals surface area contributed by atoms with Gasteiger partial charge in [-0.15, -0.1) is 0 Å². The Morgan fingerprint density at radius 3 is 2.03 bits per heavy atom. The van der Waals surface area contributed by atoms with Crippen LogP contribution in [0.1, 0.15) is 38.8 Å². The highest BCUT2D eigenvalue weighted by Gasteiger charge is 2.33. The van der Waals surface area contributed by atoms with Gasteiger partial charge in [-0.3, -0.25) is 0 Å². The number of hydrogen-bond donors (Lipinski definition) is 0. The van der Waals surface area contributed by atoms with Gasteiger partial charge in [-0.05, 0) is 66.7 Å². The fourth-order valence-corrected chi connectivity index (χ4v) is 5.03. The minimum absolute atomic E-state index is 0.0195. The first kappa shape index (κ1) is 17.9. The van der Waals surface area contributed by atoms with Gasteiger partial charge in [-0.25, -0.2) is 0 Å². The zero-order valence-corrected chi connectivity index (χ0v) is 17.6. The minimum atomic E-state index is -0.0195. The molecule has 6 rings (SSSR count). The van der Waals surface area contributed by atoms with Crippen molar-refractivity contribution in [2.24, 2.45) is 0 Å². The van der Waals surface area contributed by atoms with E-state index in [4.69, 9.17) is 0 Å². The molecule has 142 valence electrons. The van der Waals surface area contributed by atoms with Crippen molar-refractivity contribution in [2.75, 3.05) is 0 Å². The fraction of sp³-hybridized carbons (Fsp3) is 0.172. The van der Waals surface area contributed by atoms with Crippen LogP contribution in [0, 0.1) is 0 Å². The molecule has 5 aromatic rings. The lowest BCUT2D eigenvalue weighted by Crippen LogP contribution is -2.23. The van der Waals surface area contributed by atoms with Crippen LogP contribution in [0.5, 0.6) is 0 Å². The largest absolute Gasteiger partial charge is 0.0683 e. The number of rotatable bonds is 0. The van der Waals surface area contributed by atoms with Gasteiger partial charge >= 0.3 is 0 Å². The molecule has 1 aliphatic rings. The molecule has 0 saturated heterocycles. The molecule has 0 saturated carbocycles. The highest BCUT2D eigenvalue weighted by atomic mass is 14.4. The Morgan fingerprint density at radius 2 is 1.21 bits per heavy atom. The van der Waals surface area contributed by atoms with Crippen molar-refractivity contribution in [2.45, 2.75) is 33.1 Å². The normalized spacial score (nSPS) is 13.8. The molecule has 0 nitrogen and oxygen atoms in total. The van der Waals surface area contributed by atoms with E-state index < -0.39 is 0 Å². The van der Waals surface area contributed by atoms with Crippen LogP contribution >= 0.6 is 0 Å². The van der Waals surface area contributed by atoms with Crippen molar-refractivity contribution < 1.29 is 0 Å². The summed E-state index contributed by atoms with van der Waals surface area (Å²) >= 11 is 0. The standard InChI is InChI=1S/C27H20.C2H6/c1-27(2)24-12-6-9-18-8-5-11-21(26(18)24)23-15-19-14-13-17-7-3-4-10-20(17)22(19)16-25(23)27;1-2/h3-16H,1-2H3;1-2H3. The van der Waals surface area contributed by atoms with Crippen LogP contribution in [0.3, 0.4) is 0 Å². The monoisotopic (exact) mass is 374 g/mol. The van der Waals surface area contributed by atoms with Gasteiger partial charge in [0.1, 0.15) is 0 Å². The van der Waals surface area contributed by atoms with Crippen molar-refractivity contribution in [3.05, 3.63) is 96.1 Å². The summed E-state index contributed by atoms with van der Waals surface area (Å²) in [4.78, 5) is 0. The van der Waals surface area contributed by atoms with Crippen LogP contribution in [0.2, 0.25) is 0 Å². The molecule has 0 aromatic heterocycles. The summed E-state index contributed by atoms with van der Waals surface area (Å²) < 4.78 is 0. The lowest BCUT2D eigenvalue weighted by molar-refractivity contribution is 0.646. The van der Waals surface area contributed by atoms with Crippen molar-refractivity contribution in [1.29, 1.82) is 0 Å². The average Bonchev–Trinajstić information content (AvgIpc) is 2.78. The smallest absolute Gasteiger partial charge is 0.0159 e. The second-order valence-corrected chi connectivity index (χ2v) is 8.24. The SMILES string of the molecule is CC.CC1(C)c2cc3c(ccc4ccccc43)cc2-c2cccc3cccc1c23. The molecule has 0 aliphatic heterocycles. The molecule has 0 unspecified atom stereocenters. The molecule has 0 heteroatoms. The first-order valence-corrected chi connectivity index (χ1v) is 10.6. The molecular formula is C29H26. The van der Waals surface area contributed by atoms with Gasteiger partial charge in [0.2, 0.25) is 0 Å². The van der Waals surface area contributed by atoms with Crippen molar-refractivity contribution in [1.82, 2.24) is 0 Å². The van der Waals surface area contributed by atoms with Crippen LogP contribution < -0.4 is 0 Å². The third kappa shape index (κ3) is 2.45. The Balaban J connectivity index is 0.000000882. The molecule has 0 spiro atoms. The maximum Gasteiger partial charge on any atom is 0.0159 e.